The monoisotopic (exact) mass is 398 g/mol. The molecule has 4 rings (SSSR count). The van der Waals surface area contributed by atoms with E-state index in [0.29, 0.717) is 22.8 Å². The van der Waals surface area contributed by atoms with E-state index in [2.05, 4.69) is 5.32 Å². The Balaban J connectivity index is 1.61. The summed E-state index contributed by atoms with van der Waals surface area (Å²) in [6.07, 6.45) is 2.18. The Bertz CT molecular complexity index is 990. The van der Waals surface area contributed by atoms with Gasteiger partial charge in [-0.25, -0.2) is 4.79 Å². The lowest BCUT2D eigenvalue weighted by Crippen LogP contribution is -2.46. The molecule has 1 fully saturated rings. The first-order valence-electron chi connectivity index (χ1n) is 9.05. The molecule has 1 spiro atoms. The molecule has 1 unspecified atom stereocenters. The summed E-state index contributed by atoms with van der Waals surface area (Å²) in [6, 6.07) is 11.7. The number of urea groups is 1. The SMILES string of the molecule is COc1ccc(C(=O)CN2C(=O)NC3(CCCc4ccccc43)C2=O)cc1Cl. The maximum Gasteiger partial charge on any atom is 0.325 e. The molecule has 144 valence electrons. The zero-order valence-electron chi connectivity index (χ0n) is 15.3. The van der Waals surface area contributed by atoms with Gasteiger partial charge in [0.2, 0.25) is 0 Å². The quantitative estimate of drug-likeness (QED) is 0.633. The average molecular weight is 399 g/mol. The van der Waals surface area contributed by atoms with Crippen molar-refractivity contribution >= 4 is 29.3 Å². The van der Waals surface area contributed by atoms with Crippen LogP contribution in [0.4, 0.5) is 4.79 Å². The second-order valence-corrected chi connectivity index (χ2v) is 7.42. The molecule has 0 bridgehead atoms. The molecular formula is C21H19ClN2O4. The van der Waals surface area contributed by atoms with Gasteiger partial charge in [-0.05, 0) is 48.6 Å². The molecule has 0 saturated carbocycles. The normalized spacial score (nSPS) is 20.9. The molecule has 2 aliphatic rings. The minimum Gasteiger partial charge on any atom is -0.495 e. The van der Waals surface area contributed by atoms with Crippen LogP contribution in [0.1, 0.15) is 34.3 Å². The maximum absolute atomic E-state index is 13.2. The zero-order chi connectivity index (χ0) is 19.9. The number of Topliss-reactive ketones (excluding diaryl/α,β-unsaturated/α-hetero) is 1. The molecule has 1 aliphatic heterocycles. The van der Waals surface area contributed by atoms with Crippen LogP contribution >= 0.6 is 11.6 Å². The van der Waals surface area contributed by atoms with Gasteiger partial charge in [-0.15, -0.1) is 0 Å². The van der Waals surface area contributed by atoms with Crippen LogP contribution in [0, 0.1) is 0 Å². The van der Waals surface area contributed by atoms with Crippen LogP contribution in [-0.2, 0) is 16.8 Å². The highest BCUT2D eigenvalue weighted by Gasteiger charge is 2.54. The van der Waals surface area contributed by atoms with Crippen LogP contribution in [-0.4, -0.2) is 36.3 Å². The highest BCUT2D eigenvalue weighted by atomic mass is 35.5. The topological polar surface area (TPSA) is 75.7 Å². The number of halogens is 1. The number of benzene rings is 2. The Hall–Kier alpha value is -2.86. The number of ketones is 1. The minimum atomic E-state index is -1.08. The number of fused-ring (bicyclic) bond motifs is 2. The summed E-state index contributed by atoms with van der Waals surface area (Å²) in [7, 11) is 1.48. The van der Waals surface area contributed by atoms with E-state index in [4.69, 9.17) is 16.3 Å². The predicted molar refractivity (Wildman–Crippen MR) is 104 cm³/mol. The van der Waals surface area contributed by atoms with Crippen LogP contribution in [0.25, 0.3) is 0 Å². The number of methoxy groups -OCH3 is 1. The molecule has 2 aromatic rings. The second-order valence-electron chi connectivity index (χ2n) is 7.01. The molecule has 1 N–H and O–H groups in total. The molecule has 1 aliphatic carbocycles. The summed E-state index contributed by atoms with van der Waals surface area (Å²) in [4.78, 5) is 39.5. The number of nitrogens with one attached hydrogen (secondary N) is 1. The third-order valence-electron chi connectivity index (χ3n) is 5.43. The van der Waals surface area contributed by atoms with Gasteiger partial charge in [0, 0.05) is 5.56 Å². The van der Waals surface area contributed by atoms with Gasteiger partial charge in [0.25, 0.3) is 5.91 Å². The summed E-state index contributed by atoms with van der Waals surface area (Å²) in [5.41, 5.74) is 1.11. The van der Waals surface area contributed by atoms with Crippen LogP contribution < -0.4 is 10.1 Å². The molecule has 0 radical (unpaired) electrons. The number of amides is 3. The Kier molecular flexibility index (Phi) is 4.59. The van der Waals surface area contributed by atoms with Crippen LogP contribution in [0.15, 0.2) is 42.5 Å². The fourth-order valence-corrected chi connectivity index (χ4v) is 4.29. The van der Waals surface area contributed by atoms with Gasteiger partial charge in [-0.2, -0.15) is 0 Å². The molecule has 0 aromatic heterocycles. The van der Waals surface area contributed by atoms with Crippen molar-refractivity contribution in [3.05, 3.63) is 64.2 Å². The van der Waals surface area contributed by atoms with Crippen molar-refractivity contribution in [2.45, 2.75) is 24.8 Å². The first-order valence-corrected chi connectivity index (χ1v) is 9.43. The van der Waals surface area contributed by atoms with E-state index in [9.17, 15) is 14.4 Å². The number of carbonyl (C=O) groups excluding carboxylic acids is 3. The lowest BCUT2D eigenvalue weighted by Gasteiger charge is -2.33. The maximum atomic E-state index is 13.2. The third kappa shape index (κ3) is 2.85. The lowest BCUT2D eigenvalue weighted by atomic mass is 9.76. The second kappa shape index (κ2) is 6.95. The van der Waals surface area contributed by atoms with Crippen molar-refractivity contribution < 1.29 is 19.1 Å². The van der Waals surface area contributed by atoms with Crippen molar-refractivity contribution in [3.8, 4) is 5.75 Å². The number of imide groups is 1. The molecule has 1 atom stereocenters. The Morgan fingerprint density at radius 3 is 2.79 bits per heavy atom. The Labute approximate surface area is 167 Å². The van der Waals surface area contributed by atoms with Gasteiger partial charge in [-0.3, -0.25) is 14.5 Å². The molecular weight excluding hydrogens is 380 g/mol. The first-order chi connectivity index (χ1) is 13.5. The highest BCUT2D eigenvalue weighted by molar-refractivity contribution is 6.32. The fourth-order valence-electron chi connectivity index (χ4n) is 4.03. The molecule has 2 aromatic carbocycles. The first kappa shape index (κ1) is 18.5. The van der Waals surface area contributed by atoms with Gasteiger partial charge < -0.3 is 10.1 Å². The molecule has 7 heteroatoms. The largest absolute Gasteiger partial charge is 0.495 e. The number of hydrogen-bond donors (Lipinski definition) is 1. The zero-order valence-corrected chi connectivity index (χ0v) is 16.1. The number of rotatable bonds is 4. The standard InChI is InChI=1S/C21H19ClN2O4/c1-28-18-9-8-14(11-16(18)22)17(25)12-24-19(26)21(23-20(24)27)10-4-6-13-5-2-3-7-15(13)21/h2-3,5,7-9,11H,4,6,10,12H2,1H3,(H,23,27). The smallest absolute Gasteiger partial charge is 0.325 e. The van der Waals surface area contributed by atoms with Crippen LogP contribution in [0.3, 0.4) is 0 Å². The number of aryl methyl sites for hydroxylation is 1. The number of nitrogens with zero attached hydrogens (tertiary/aromatic N) is 1. The number of hydrogen-bond acceptors (Lipinski definition) is 4. The van der Waals surface area contributed by atoms with Gasteiger partial charge >= 0.3 is 6.03 Å². The van der Waals surface area contributed by atoms with Crippen molar-refractivity contribution in [2.75, 3.05) is 13.7 Å². The minimum absolute atomic E-state index is 0.295. The van der Waals surface area contributed by atoms with Gasteiger partial charge in [-0.1, -0.05) is 35.9 Å². The molecule has 1 heterocycles. The Morgan fingerprint density at radius 2 is 2.04 bits per heavy atom. The van der Waals surface area contributed by atoms with Crippen molar-refractivity contribution in [1.82, 2.24) is 10.2 Å². The summed E-state index contributed by atoms with van der Waals surface area (Å²) in [5, 5.41) is 3.15. The van der Waals surface area contributed by atoms with Crippen molar-refractivity contribution in [2.24, 2.45) is 0 Å². The summed E-state index contributed by atoms with van der Waals surface area (Å²) in [5.74, 6) is -0.294. The fraction of sp³-hybridized carbons (Fsp3) is 0.286. The highest BCUT2D eigenvalue weighted by Crippen LogP contribution is 2.40. The number of ether oxygens (including phenoxy) is 1. The summed E-state index contributed by atoms with van der Waals surface area (Å²) in [6.45, 7) is -0.336. The molecule has 6 nitrogen and oxygen atoms in total. The van der Waals surface area contributed by atoms with E-state index in [1.54, 1.807) is 12.1 Å². The molecule has 28 heavy (non-hydrogen) atoms. The molecule has 3 amide bonds. The Morgan fingerprint density at radius 1 is 1.25 bits per heavy atom. The van der Waals surface area contributed by atoms with Crippen LogP contribution in [0.2, 0.25) is 5.02 Å². The van der Waals surface area contributed by atoms with E-state index < -0.39 is 11.6 Å². The van der Waals surface area contributed by atoms with Gasteiger partial charge in [0.15, 0.2) is 5.78 Å². The van der Waals surface area contributed by atoms with E-state index >= 15 is 0 Å². The van der Waals surface area contributed by atoms with Crippen molar-refractivity contribution in [1.29, 1.82) is 0 Å². The summed E-state index contributed by atoms with van der Waals surface area (Å²) >= 11 is 6.08. The summed E-state index contributed by atoms with van der Waals surface area (Å²) < 4.78 is 5.08. The van der Waals surface area contributed by atoms with E-state index in [-0.39, 0.29) is 18.2 Å². The van der Waals surface area contributed by atoms with Gasteiger partial charge in [0.05, 0.1) is 18.7 Å². The molecule has 1 saturated heterocycles. The lowest BCUT2D eigenvalue weighted by molar-refractivity contribution is -0.131. The van der Waals surface area contributed by atoms with Crippen molar-refractivity contribution in [3.63, 3.8) is 0 Å². The average Bonchev–Trinajstić information content (AvgIpc) is 2.93. The predicted octanol–water partition coefficient (Wildman–Crippen LogP) is 3.31. The van der Waals surface area contributed by atoms with Crippen LogP contribution in [0.5, 0.6) is 5.75 Å². The van der Waals surface area contributed by atoms with Gasteiger partial charge in [0.1, 0.15) is 11.3 Å². The van der Waals surface area contributed by atoms with E-state index in [0.717, 1.165) is 28.9 Å². The number of carbonyl (C=O) groups is 3. The third-order valence-corrected chi connectivity index (χ3v) is 5.72. The van der Waals surface area contributed by atoms with E-state index in [1.807, 2.05) is 24.3 Å². The van der Waals surface area contributed by atoms with E-state index in [1.165, 1.54) is 13.2 Å².